The van der Waals surface area contributed by atoms with E-state index >= 15 is 0 Å². The molecule has 1 aromatic rings. The van der Waals surface area contributed by atoms with Crippen molar-refractivity contribution in [2.75, 3.05) is 32.5 Å². The molecule has 2 N–H and O–H groups in total. The fraction of sp³-hybridized carbons (Fsp3) is 0.636. The highest BCUT2D eigenvalue weighted by molar-refractivity contribution is 5.85. The van der Waals surface area contributed by atoms with E-state index in [1.165, 1.54) is 0 Å². The van der Waals surface area contributed by atoms with E-state index in [0.29, 0.717) is 6.54 Å². The van der Waals surface area contributed by atoms with Crippen LogP contribution in [0.4, 0.5) is 6.01 Å². The Kier molecular flexibility index (Phi) is 4.11. The summed E-state index contributed by atoms with van der Waals surface area (Å²) < 4.78 is 5.01. The number of nitrogens with zero attached hydrogens (tertiary/aromatic N) is 2. The molecule has 6 nitrogen and oxygen atoms in total. The van der Waals surface area contributed by atoms with Gasteiger partial charge in [-0.25, -0.2) is 4.79 Å². The molecule has 0 amide bonds. The fourth-order valence-electron chi connectivity index (χ4n) is 1.68. The number of aromatic carboxylic acids is 1. The molecule has 0 aliphatic heterocycles. The van der Waals surface area contributed by atoms with Crippen molar-refractivity contribution in [3.63, 3.8) is 0 Å². The van der Waals surface area contributed by atoms with Crippen molar-refractivity contribution >= 4 is 12.0 Å². The van der Waals surface area contributed by atoms with Crippen molar-refractivity contribution in [1.29, 1.82) is 0 Å². The lowest BCUT2D eigenvalue weighted by atomic mass is 9.93. The van der Waals surface area contributed by atoms with Gasteiger partial charge in [0, 0.05) is 13.1 Å². The molecule has 0 bridgehead atoms. The van der Waals surface area contributed by atoms with E-state index < -0.39 is 5.97 Å². The molecule has 0 aliphatic rings. The lowest BCUT2D eigenvalue weighted by molar-refractivity contribution is 0.0690. The second-order valence-electron chi connectivity index (χ2n) is 5.10. The van der Waals surface area contributed by atoms with E-state index in [0.717, 1.165) is 12.8 Å². The van der Waals surface area contributed by atoms with E-state index in [2.05, 4.69) is 29.0 Å². The van der Waals surface area contributed by atoms with Crippen LogP contribution in [-0.2, 0) is 0 Å². The SMILES string of the molecule is CN(C)CC(C)(C)CNc1nc(C(=O)O)co1. The Labute approximate surface area is 101 Å². The van der Waals surface area contributed by atoms with E-state index in [1.54, 1.807) is 0 Å². The van der Waals surface area contributed by atoms with Crippen LogP contribution in [0.5, 0.6) is 0 Å². The molecule has 0 saturated heterocycles. The molecular formula is C11H19N3O3. The highest BCUT2D eigenvalue weighted by Crippen LogP contribution is 2.17. The molecule has 1 heterocycles. The molecule has 0 aliphatic carbocycles. The van der Waals surface area contributed by atoms with Gasteiger partial charge in [-0.3, -0.25) is 0 Å². The van der Waals surface area contributed by atoms with Gasteiger partial charge in [0.1, 0.15) is 6.26 Å². The number of carboxylic acid groups (broad SMARTS) is 1. The number of aromatic nitrogens is 1. The minimum atomic E-state index is -1.09. The molecule has 0 aromatic carbocycles. The first-order chi connectivity index (χ1) is 7.80. The molecule has 0 atom stereocenters. The molecule has 0 unspecified atom stereocenters. The maximum Gasteiger partial charge on any atom is 0.357 e. The third-order valence-electron chi connectivity index (χ3n) is 2.19. The number of carbonyl (C=O) groups is 1. The Morgan fingerprint density at radius 2 is 2.24 bits per heavy atom. The first-order valence-electron chi connectivity index (χ1n) is 5.37. The van der Waals surface area contributed by atoms with Gasteiger partial charge < -0.3 is 19.7 Å². The van der Waals surface area contributed by atoms with Crippen LogP contribution >= 0.6 is 0 Å². The highest BCUT2D eigenvalue weighted by atomic mass is 16.4. The normalized spacial score (nSPS) is 11.8. The van der Waals surface area contributed by atoms with Gasteiger partial charge >= 0.3 is 5.97 Å². The summed E-state index contributed by atoms with van der Waals surface area (Å²) in [5.74, 6) is -1.09. The molecule has 17 heavy (non-hydrogen) atoms. The van der Waals surface area contributed by atoms with Gasteiger partial charge in [0.2, 0.25) is 0 Å². The first kappa shape index (κ1) is 13.5. The van der Waals surface area contributed by atoms with Gasteiger partial charge in [0.15, 0.2) is 5.69 Å². The molecule has 0 radical (unpaired) electrons. The highest BCUT2D eigenvalue weighted by Gasteiger charge is 2.20. The smallest absolute Gasteiger partial charge is 0.357 e. The lowest BCUT2D eigenvalue weighted by Gasteiger charge is -2.27. The predicted octanol–water partition coefficient (Wildman–Crippen LogP) is 1.37. The van der Waals surface area contributed by atoms with Gasteiger partial charge in [0.25, 0.3) is 6.01 Å². The van der Waals surface area contributed by atoms with Crippen LogP contribution in [0.25, 0.3) is 0 Å². The summed E-state index contributed by atoms with van der Waals surface area (Å²) in [5, 5.41) is 11.7. The lowest BCUT2D eigenvalue weighted by Crippen LogP contribution is -2.34. The molecular weight excluding hydrogens is 222 g/mol. The molecule has 1 aromatic heterocycles. The first-order valence-corrected chi connectivity index (χ1v) is 5.37. The monoisotopic (exact) mass is 241 g/mol. The van der Waals surface area contributed by atoms with Gasteiger partial charge in [-0.1, -0.05) is 13.8 Å². The third-order valence-corrected chi connectivity index (χ3v) is 2.19. The van der Waals surface area contributed by atoms with Gasteiger partial charge in [0.05, 0.1) is 0 Å². The van der Waals surface area contributed by atoms with E-state index in [4.69, 9.17) is 9.52 Å². The second-order valence-corrected chi connectivity index (χ2v) is 5.10. The van der Waals surface area contributed by atoms with E-state index in [9.17, 15) is 4.79 Å². The summed E-state index contributed by atoms with van der Waals surface area (Å²) in [6.07, 6.45) is 1.13. The van der Waals surface area contributed by atoms with Gasteiger partial charge in [-0.2, -0.15) is 4.98 Å². The average Bonchev–Trinajstić information content (AvgIpc) is 2.61. The zero-order valence-electron chi connectivity index (χ0n) is 10.6. The minimum absolute atomic E-state index is 0.0430. The van der Waals surface area contributed by atoms with Crippen molar-refractivity contribution < 1.29 is 14.3 Å². The Hall–Kier alpha value is -1.56. The van der Waals surface area contributed by atoms with Crippen molar-refractivity contribution in [1.82, 2.24) is 9.88 Å². The summed E-state index contributed by atoms with van der Waals surface area (Å²) in [7, 11) is 4.02. The van der Waals surface area contributed by atoms with Crippen LogP contribution in [0.15, 0.2) is 10.7 Å². The van der Waals surface area contributed by atoms with Crippen LogP contribution in [0.1, 0.15) is 24.3 Å². The number of carboxylic acids is 1. The summed E-state index contributed by atoms with van der Waals surface area (Å²) in [4.78, 5) is 16.5. The van der Waals surface area contributed by atoms with E-state index in [-0.39, 0.29) is 17.1 Å². The van der Waals surface area contributed by atoms with Crippen LogP contribution in [-0.4, -0.2) is 48.1 Å². The third kappa shape index (κ3) is 4.44. The topological polar surface area (TPSA) is 78.6 Å². The molecule has 96 valence electrons. The quantitative estimate of drug-likeness (QED) is 0.783. The number of hydrogen-bond donors (Lipinski definition) is 2. The van der Waals surface area contributed by atoms with Gasteiger partial charge in [-0.15, -0.1) is 0 Å². The number of oxazole rings is 1. The molecule has 0 fully saturated rings. The summed E-state index contributed by atoms with van der Waals surface area (Å²) >= 11 is 0. The van der Waals surface area contributed by atoms with Crippen LogP contribution < -0.4 is 5.32 Å². The number of nitrogens with one attached hydrogen (secondary N) is 1. The molecule has 0 saturated carbocycles. The van der Waals surface area contributed by atoms with Gasteiger partial charge in [-0.05, 0) is 19.5 Å². The van der Waals surface area contributed by atoms with E-state index in [1.807, 2.05) is 14.1 Å². The Bertz CT molecular complexity index is 385. The van der Waals surface area contributed by atoms with Crippen LogP contribution in [0.3, 0.4) is 0 Å². The maximum absolute atomic E-state index is 10.6. The van der Waals surface area contributed by atoms with Crippen molar-refractivity contribution in [2.24, 2.45) is 5.41 Å². The largest absolute Gasteiger partial charge is 0.476 e. The summed E-state index contributed by atoms with van der Waals surface area (Å²) in [6.45, 7) is 5.79. The average molecular weight is 241 g/mol. The summed E-state index contributed by atoms with van der Waals surface area (Å²) in [5.41, 5.74) is -0.0423. The van der Waals surface area contributed by atoms with Crippen LogP contribution in [0.2, 0.25) is 0 Å². The number of hydrogen-bond acceptors (Lipinski definition) is 5. The maximum atomic E-state index is 10.6. The molecule has 6 heteroatoms. The minimum Gasteiger partial charge on any atom is -0.476 e. The fourth-order valence-corrected chi connectivity index (χ4v) is 1.68. The van der Waals surface area contributed by atoms with Crippen molar-refractivity contribution in [3.05, 3.63) is 12.0 Å². The molecule has 0 spiro atoms. The molecule has 1 rings (SSSR count). The summed E-state index contributed by atoms with van der Waals surface area (Å²) in [6, 6.07) is 0.245. The Morgan fingerprint density at radius 1 is 1.59 bits per heavy atom. The standard InChI is InChI=1S/C11H19N3O3/c1-11(2,7-14(3)4)6-12-10-13-8(5-17-10)9(15)16/h5H,6-7H2,1-4H3,(H,12,13)(H,15,16). The van der Waals surface area contributed by atoms with Crippen molar-refractivity contribution in [2.45, 2.75) is 13.8 Å². The predicted molar refractivity (Wildman–Crippen MR) is 64.3 cm³/mol. The van der Waals surface area contributed by atoms with Crippen LogP contribution in [0, 0.1) is 5.41 Å². The zero-order valence-corrected chi connectivity index (χ0v) is 10.6. The number of anilines is 1. The second kappa shape index (κ2) is 5.18. The zero-order chi connectivity index (χ0) is 13.1. The Balaban J connectivity index is 2.52. The Morgan fingerprint density at radius 3 is 2.71 bits per heavy atom. The number of rotatable bonds is 6. The van der Waals surface area contributed by atoms with Crippen molar-refractivity contribution in [3.8, 4) is 0 Å².